The first-order chi connectivity index (χ1) is 8.65. The lowest BCUT2D eigenvalue weighted by Crippen LogP contribution is -2.33. The first kappa shape index (κ1) is 14.1. The highest BCUT2D eigenvalue weighted by Gasteiger charge is 2.08. The Hall–Kier alpha value is -1.93. The Morgan fingerprint density at radius 3 is 2.67 bits per heavy atom. The van der Waals surface area contributed by atoms with E-state index in [-0.39, 0.29) is 18.3 Å². The molecule has 1 amide bonds. The van der Waals surface area contributed by atoms with Gasteiger partial charge in [0.2, 0.25) is 5.91 Å². The highest BCUT2D eigenvalue weighted by Crippen LogP contribution is 2.08. The standard InChI is InChI=1S/C13H16FN3O/c1-2-17(9-3-8-15)10-13(18)16-12-6-4-11(14)5-7-12/h4-7H,2-3,9-10H2,1H3,(H,16,18). The van der Waals surface area contributed by atoms with E-state index in [4.69, 9.17) is 5.26 Å². The molecule has 1 rings (SSSR count). The summed E-state index contributed by atoms with van der Waals surface area (Å²) in [5.74, 6) is -0.501. The van der Waals surface area contributed by atoms with Crippen molar-refractivity contribution in [2.75, 3.05) is 25.0 Å². The average molecular weight is 249 g/mol. The van der Waals surface area contributed by atoms with E-state index in [1.807, 2.05) is 17.9 Å². The van der Waals surface area contributed by atoms with Gasteiger partial charge in [-0.1, -0.05) is 6.92 Å². The second-order valence-electron chi connectivity index (χ2n) is 3.83. The third kappa shape index (κ3) is 4.93. The zero-order valence-electron chi connectivity index (χ0n) is 10.3. The van der Waals surface area contributed by atoms with Gasteiger partial charge in [0, 0.05) is 18.7 Å². The van der Waals surface area contributed by atoms with Crippen molar-refractivity contribution in [3.8, 4) is 6.07 Å². The normalized spacial score (nSPS) is 10.1. The van der Waals surface area contributed by atoms with Crippen molar-refractivity contribution in [1.82, 2.24) is 4.90 Å². The zero-order valence-corrected chi connectivity index (χ0v) is 10.3. The molecule has 0 aromatic heterocycles. The number of nitrogens with zero attached hydrogens (tertiary/aromatic N) is 2. The van der Waals surface area contributed by atoms with Gasteiger partial charge in [-0.05, 0) is 30.8 Å². The quantitative estimate of drug-likeness (QED) is 0.839. The molecule has 1 N–H and O–H groups in total. The zero-order chi connectivity index (χ0) is 13.4. The van der Waals surface area contributed by atoms with Crippen LogP contribution in [-0.4, -0.2) is 30.4 Å². The molecule has 0 aliphatic carbocycles. The smallest absolute Gasteiger partial charge is 0.238 e. The molecule has 0 bridgehead atoms. The van der Waals surface area contributed by atoms with Crippen molar-refractivity contribution in [1.29, 1.82) is 5.26 Å². The van der Waals surface area contributed by atoms with Gasteiger partial charge in [-0.3, -0.25) is 9.69 Å². The van der Waals surface area contributed by atoms with Gasteiger partial charge in [0.1, 0.15) is 5.82 Å². The number of carbonyl (C=O) groups is 1. The van der Waals surface area contributed by atoms with Crippen molar-refractivity contribution >= 4 is 11.6 Å². The minimum Gasteiger partial charge on any atom is -0.325 e. The number of hydrogen-bond donors (Lipinski definition) is 1. The van der Waals surface area contributed by atoms with Crippen LogP contribution in [0.1, 0.15) is 13.3 Å². The molecule has 0 heterocycles. The summed E-state index contributed by atoms with van der Waals surface area (Å²) >= 11 is 0. The molecule has 0 radical (unpaired) electrons. The monoisotopic (exact) mass is 249 g/mol. The maximum absolute atomic E-state index is 12.7. The van der Waals surface area contributed by atoms with Gasteiger partial charge < -0.3 is 5.32 Å². The predicted molar refractivity (Wildman–Crippen MR) is 67.4 cm³/mol. The average Bonchev–Trinajstić information content (AvgIpc) is 2.37. The Balaban J connectivity index is 2.45. The van der Waals surface area contributed by atoms with E-state index >= 15 is 0 Å². The number of nitrogens with one attached hydrogen (secondary N) is 1. The molecule has 0 saturated carbocycles. The van der Waals surface area contributed by atoms with Crippen LogP contribution in [-0.2, 0) is 4.79 Å². The topological polar surface area (TPSA) is 56.1 Å². The number of amides is 1. The summed E-state index contributed by atoms with van der Waals surface area (Å²) in [5.41, 5.74) is 0.567. The van der Waals surface area contributed by atoms with Crippen LogP contribution in [0.25, 0.3) is 0 Å². The van der Waals surface area contributed by atoms with Crippen LogP contribution in [0.5, 0.6) is 0 Å². The Morgan fingerprint density at radius 1 is 1.44 bits per heavy atom. The van der Waals surface area contributed by atoms with Crippen LogP contribution in [0.2, 0.25) is 0 Å². The minimum atomic E-state index is -0.336. The van der Waals surface area contributed by atoms with E-state index in [1.165, 1.54) is 24.3 Å². The number of carbonyl (C=O) groups excluding carboxylic acids is 1. The summed E-state index contributed by atoms with van der Waals surface area (Å²) in [6, 6.07) is 7.66. The van der Waals surface area contributed by atoms with Crippen LogP contribution in [0.4, 0.5) is 10.1 Å². The summed E-state index contributed by atoms with van der Waals surface area (Å²) in [5, 5.41) is 11.2. The molecule has 0 unspecified atom stereocenters. The molecule has 0 aliphatic rings. The summed E-state index contributed by atoms with van der Waals surface area (Å²) in [4.78, 5) is 13.6. The predicted octanol–water partition coefficient (Wildman–Crippen LogP) is 2.00. The van der Waals surface area contributed by atoms with Crippen molar-refractivity contribution in [3.63, 3.8) is 0 Å². The van der Waals surface area contributed by atoms with Crippen molar-refractivity contribution < 1.29 is 9.18 Å². The fourth-order valence-corrected chi connectivity index (χ4v) is 1.49. The van der Waals surface area contributed by atoms with Crippen LogP contribution in [0, 0.1) is 17.1 Å². The van der Waals surface area contributed by atoms with Gasteiger partial charge in [-0.25, -0.2) is 4.39 Å². The van der Waals surface area contributed by atoms with Crippen LogP contribution in [0.15, 0.2) is 24.3 Å². The van der Waals surface area contributed by atoms with E-state index in [1.54, 1.807) is 0 Å². The Bertz CT molecular complexity index is 425. The number of hydrogen-bond acceptors (Lipinski definition) is 3. The Labute approximate surface area is 106 Å². The summed E-state index contributed by atoms with van der Waals surface area (Å²) in [6.45, 7) is 3.44. The van der Waals surface area contributed by atoms with Crippen LogP contribution < -0.4 is 5.32 Å². The largest absolute Gasteiger partial charge is 0.325 e. The second kappa shape index (κ2) is 7.41. The fourth-order valence-electron chi connectivity index (χ4n) is 1.49. The molecule has 96 valence electrons. The molecular weight excluding hydrogens is 233 g/mol. The van der Waals surface area contributed by atoms with E-state index in [0.29, 0.717) is 25.2 Å². The molecule has 5 heteroatoms. The maximum Gasteiger partial charge on any atom is 0.238 e. The number of anilines is 1. The lowest BCUT2D eigenvalue weighted by molar-refractivity contribution is -0.117. The van der Waals surface area contributed by atoms with E-state index < -0.39 is 0 Å². The molecule has 18 heavy (non-hydrogen) atoms. The maximum atomic E-state index is 12.7. The molecule has 0 fully saturated rings. The summed E-state index contributed by atoms with van der Waals surface area (Å²) in [6.07, 6.45) is 0.400. The third-order valence-corrected chi connectivity index (χ3v) is 2.48. The highest BCUT2D eigenvalue weighted by molar-refractivity contribution is 5.92. The van der Waals surface area contributed by atoms with Gasteiger partial charge in [-0.2, -0.15) is 5.26 Å². The SMILES string of the molecule is CCN(CCC#N)CC(=O)Nc1ccc(F)cc1. The van der Waals surface area contributed by atoms with Crippen LogP contribution >= 0.6 is 0 Å². The summed E-state index contributed by atoms with van der Waals surface area (Å²) in [7, 11) is 0. The third-order valence-electron chi connectivity index (χ3n) is 2.48. The molecule has 0 saturated heterocycles. The Kier molecular flexibility index (Phi) is 5.81. The molecule has 1 aromatic rings. The molecule has 4 nitrogen and oxygen atoms in total. The number of benzene rings is 1. The first-order valence-electron chi connectivity index (χ1n) is 5.80. The minimum absolute atomic E-state index is 0.165. The first-order valence-corrected chi connectivity index (χ1v) is 5.80. The number of nitriles is 1. The lowest BCUT2D eigenvalue weighted by Gasteiger charge is -2.18. The van der Waals surface area contributed by atoms with Gasteiger partial charge in [0.05, 0.1) is 12.6 Å². The van der Waals surface area contributed by atoms with E-state index in [2.05, 4.69) is 5.32 Å². The van der Waals surface area contributed by atoms with Crippen LogP contribution in [0.3, 0.4) is 0 Å². The second-order valence-corrected chi connectivity index (χ2v) is 3.83. The van der Waals surface area contributed by atoms with Gasteiger partial charge in [0.25, 0.3) is 0 Å². The fraction of sp³-hybridized carbons (Fsp3) is 0.385. The lowest BCUT2D eigenvalue weighted by atomic mass is 10.3. The molecule has 0 atom stereocenters. The summed E-state index contributed by atoms with van der Waals surface area (Å²) < 4.78 is 12.7. The highest BCUT2D eigenvalue weighted by atomic mass is 19.1. The molecule has 1 aromatic carbocycles. The number of likely N-dealkylation sites (N-methyl/N-ethyl adjacent to an activating group) is 1. The van der Waals surface area contributed by atoms with E-state index in [0.717, 1.165) is 0 Å². The molecule has 0 aliphatic heterocycles. The van der Waals surface area contributed by atoms with Crippen molar-refractivity contribution in [2.24, 2.45) is 0 Å². The number of halogens is 1. The van der Waals surface area contributed by atoms with E-state index in [9.17, 15) is 9.18 Å². The van der Waals surface area contributed by atoms with Crippen molar-refractivity contribution in [2.45, 2.75) is 13.3 Å². The molecular formula is C13H16FN3O. The van der Waals surface area contributed by atoms with Gasteiger partial charge in [-0.15, -0.1) is 0 Å². The van der Waals surface area contributed by atoms with Gasteiger partial charge in [0.15, 0.2) is 0 Å². The Morgan fingerprint density at radius 2 is 2.11 bits per heavy atom. The van der Waals surface area contributed by atoms with Crippen molar-refractivity contribution in [3.05, 3.63) is 30.1 Å². The molecule has 0 spiro atoms. The van der Waals surface area contributed by atoms with Gasteiger partial charge >= 0.3 is 0 Å². The number of rotatable bonds is 6.